The minimum atomic E-state index is 0.703. The minimum Gasteiger partial charge on any atom is -0.329 e. The predicted molar refractivity (Wildman–Crippen MR) is 54.4 cm³/mol. The summed E-state index contributed by atoms with van der Waals surface area (Å²) in [6, 6.07) is 0. The number of hydrogen-bond donors (Lipinski definition) is 2. The first kappa shape index (κ1) is 7.19. The van der Waals surface area contributed by atoms with Gasteiger partial charge >= 0.3 is 0 Å². The summed E-state index contributed by atoms with van der Waals surface area (Å²) < 4.78 is 0. The topological polar surface area (TPSA) is 74.6 Å². The Morgan fingerprint density at radius 1 is 0.786 bits per heavy atom. The number of nitrogens with one attached hydrogen (secondary N) is 2. The quantitative estimate of drug-likeness (QED) is 0.537. The second kappa shape index (κ2) is 2.63. The molecule has 6 nitrogen and oxygen atoms in total. The summed E-state index contributed by atoms with van der Waals surface area (Å²) in [5, 5.41) is 7.28. The summed E-state index contributed by atoms with van der Waals surface area (Å²) >= 11 is 0. The summed E-state index contributed by atoms with van der Waals surface area (Å²) in [5.41, 5.74) is 0. The number of rotatable bonds is 0. The molecule has 0 saturated carbocycles. The third-order valence-electron chi connectivity index (χ3n) is 1.89. The second-order valence-electron chi connectivity index (χ2n) is 2.79. The number of fused-ring (bicyclic) bond motifs is 2. The molecule has 2 aliphatic heterocycles. The van der Waals surface area contributed by atoms with Crippen molar-refractivity contribution < 1.29 is 0 Å². The molecule has 1 aromatic rings. The van der Waals surface area contributed by atoms with Crippen molar-refractivity contribution >= 4 is 36.7 Å². The summed E-state index contributed by atoms with van der Waals surface area (Å²) in [6.45, 7) is 0. The lowest BCUT2D eigenvalue weighted by Crippen LogP contribution is -2.29. The normalized spacial score (nSPS) is 15.4. The molecule has 0 saturated heterocycles. The molecule has 1 aromatic heterocycles. The van der Waals surface area contributed by atoms with Crippen LogP contribution in [-0.4, -0.2) is 22.6 Å². The zero-order valence-corrected chi connectivity index (χ0v) is 7.10. The van der Waals surface area contributed by atoms with E-state index in [1.54, 1.807) is 25.1 Å². The molecular formula is C8H6N6. The van der Waals surface area contributed by atoms with E-state index >= 15 is 0 Å². The van der Waals surface area contributed by atoms with Crippen LogP contribution in [0.2, 0.25) is 0 Å². The fraction of sp³-hybridized carbons (Fsp3) is 0. The maximum Gasteiger partial charge on any atom is 0.159 e. The van der Waals surface area contributed by atoms with Crippen LogP contribution in [0.5, 0.6) is 0 Å². The van der Waals surface area contributed by atoms with Gasteiger partial charge in [0.15, 0.2) is 11.6 Å². The van der Waals surface area contributed by atoms with Gasteiger partial charge in [0.1, 0.15) is 10.7 Å². The molecule has 0 bridgehead atoms. The molecule has 3 heterocycles. The molecule has 0 atom stereocenters. The molecule has 2 aliphatic rings. The highest BCUT2D eigenvalue weighted by Crippen LogP contribution is 1.97. The Morgan fingerprint density at radius 2 is 1.29 bits per heavy atom. The number of aromatic nitrogens is 2. The van der Waals surface area contributed by atoms with E-state index in [1.165, 1.54) is 0 Å². The Labute approximate surface area is 78.8 Å². The molecule has 14 heavy (non-hydrogen) atoms. The van der Waals surface area contributed by atoms with E-state index in [1.807, 2.05) is 0 Å². The molecular weight excluding hydrogens is 180 g/mol. The second-order valence-corrected chi connectivity index (χ2v) is 2.79. The van der Waals surface area contributed by atoms with E-state index in [0.29, 0.717) is 11.6 Å². The average molecular weight is 186 g/mol. The zero-order chi connectivity index (χ0) is 9.38. The Hall–Kier alpha value is -2.24. The van der Waals surface area contributed by atoms with Gasteiger partial charge in [0.05, 0.1) is 25.1 Å². The van der Waals surface area contributed by atoms with Crippen LogP contribution in [0.3, 0.4) is 0 Å². The number of anilines is 2. The van der Waals surface area contributed by atoms with Gasteiger partial charge in [-0.15, -0.1) is 0 Å². The van der Waals surface area contributed by atoms with E-state index in [9.17, 15) is 0 Å². The standard InChI is InChI=1S/C8H6N6/c1-5-7(11-3-9-1)14-6-2-10-4-12-8(6)13-5/h1-4H,(H,9,11,14)(H,10,12,13). The van der Waals surface area contributed by atoms with Crippen LogP contribution in [0.4, 0.5) is 11.6 Å². The third-order valence-corrected chi connectivity index (χ3v) is 1.89. The highest BCUT2D eigenvalue weighted by molar-refractivity contribution is 5.81. The van der Waals surface area contributed by atoms with Crippen molar-refractivity contribution in [2.75, 3.05) is 10.6 Å². The smallest absolute Gasteiger partial charge is 0.159 e. The van der Waals surface area contributed by atoms with Gasteiger partial charge < -0.3 is 10.6 Å². The van der Waals surface area contributed by atoms with Crippen LogP contribution in [0.25, 0.3) is 12.4 Å². The molecule has 0 radical (unpaired) electrons. The van der Waals surface area contributed by atoms with Gasteiger partial charge in [0, 0.05) is 0 Å². The lowest BCUT2D eigenvalue weighted by molar-refractivity contribution is 1.10. The van der Waals surface area contributed by atoms with Gasteiger partial charge in [0.25, 0.3) is 0 Å². The lowest BCUT2D eigenvalue weighted by atomic mass is 10.4. The summed E-state index contributed by atoms with van der Waals surface area (Å²) in [5.74, 6) is 1.41. The van der Waals surface area contributed by atoms with Gasteiger partial charge in [-0.2, -0.15) is 0 Å². The Morgan fingerprint density at radius 3 is 1.79 bits per heavy atom. The van der Waals surface area contributed by atoms with Gasteiger partial charge in [-0.3, -0.25) is 0 Å². The Kier molecular flexibility index (Phi) is 1.35. The van der Waals surface area contributed by atoms with E-state index in [4.69, 9.17) is 0 Å². The first-order valence-corrected chi connectivity index (χ1v) is 4.08. The van der Waals surface area contributed by atoms with Crippen molar-refractivity contribution in [1.82, 2.24) is 9.97 Å². The van der Waals surface area contributed by atoms with Gasteiger partial charge in [-0.05, 0) is 0 Å². The van der Waals surface area contributed by atoms with Crippen LogP contribution in [0, 0.1) is 0 Å². The molecule has 0 fully saturated rings. The molecule has 0 unspecified atom stereocenters. The van der Waals surface area contributed by atoms with Crippen molar-refractivity contribution in [2.45, 2.75) is 0 Å². The van der Waals surface area contributed by atoms with Crippen LogP contribution in [0.1, 0.15) is 0 Å². The van der Waals surface area contributed by atoms with Crippen molar-refractivity contribution in [3.8, 4) is 0 Å². The van der Waals surface area contributed by atoms with Crippen LogP contribution in [-0.2, 0) is 0 Å². The molecule has 0 aromatic carbocycles. The zero-order valence-electron chi connectivity index (χ0n) is 7.10. The SMILES string of the molecule is C1=NC=c2nc3c(nc2N1)=CN=CN3. The molecule has 0 spiro atoms. The van der Waals surface area contributed by atoms with E-state index in [-0.39, 0.29) is 0 Å². The van der Waals surface area contributed by atoms with Crippen LogP contribution in [0.15, 0.2) is 9.98 Å². The molecule has 2 N–H and O–H groups in total. The van der Waals surface area contributed by atoms with Gasteiger partial charge in [-0.1, -0.05) is 0 Å². The average Bonchev–Trinajstić information content (AvgIpc) is 2.26. The molecule has 3 rings (SSSR count). The monoisotopic (exact) mass is 186 g/mol. The van der Waals surface area contributed by atoms with Crippen molar-refractivity contribution in [3.05, 3.63) is 10.7 Å². The highest BCUT2D eigenvalue weighted by atomic mass is 15.1. The van der Waals surface area contributed by atoms with Crippen LogP contribution < -0.4 is 21.3 Å². The van der Waals surface area contributed by atoms with Gasteiger partial charge in [-0.25, -0.2) is 20.0 Å². The van der Waals surface area contributed by atoms with E-state index in [2.05, 4.69) is 30.6 Å². The first-order chi connectivity index (χ1) is 6.93. The maximum atomic E-state index is 4.33. The van der Waals surface area contributed by atoms with E-state index < -0.39 is 0 Å². The fourth-order valence-corrected chi connectivity index (χ4v) is 1.27. The first-order valence-electron chi connectivity index (χ1n) is 4.08. The third kappa shape index (κ3) is 0.972. The summed E-state index contributed by atoms with van der Waals surface area (Å²) in [7, 11) is 0. The Bertz CT molecular complexity index is 504. The summed E-state index contributed by atoms with van der Waals surface area (Å²) in [4.78, 5) is 16.5. The minimum absolute atomic E-state index is 0.703. The molecule has 68 valence electrons. The van der Waals surface area contributed by atoms with E-state index in [0.717, 1.165) is 10.7 Å². The lowest BCUT2D eigenvalue weighted by Gasteiger charge is -2.08. The van der Waals surface area contributed by atoms with Crippen molar-refractivity contribution in [3.63, 3.8) is 0 Å². The predicted octanol–water partition coefficient (Wildman–Crippen LogP) is -1.14. The number of aliphatic imine (C=N–C) groups is 2. The Balaban J connectivity index is 2.35. The molecule has 6 heteroatoms. The molecule has 0 amide bonds. The number of nitrogens with zero attached hydrogens (tertiary/aromatic N) is 4. The summed E-state index contributed by atoms with van der Waals surface area (Å²) in [6.07, 6.45) is 6.46. The van der Waals surface area contributed by atoms with Crippen molar-refractivity contribution in [2.24, 2.45) is 9.98 Å². The van der Waals surface area contributed by atoms with Crippen LogP contribution >= 0.6 is 0 Å². The largest absolute Gasteiger partial charge is 0.329 e. The maximum absolute atomic E-state index is 4.33. The fourth-order valence-electron chi connectivity index (χ4n) is 1.27. The van der Waals surface area contributed by atoms with Crippen molar-refractivity contribution in [1.29, 1.82) is 0 Å². The van der Waals surface area contributed by atoms with Gasteiger partial charge in [0.2, 0.25) is 0 Å². The molecule has 0 aliphatic carbocycles. The highest BCUT2D eigenvalue weighted by Gasteiger charge is 2.06. The number of hydrogen-bond acceptors (Lipinski definition) is 6.